The van der Waals surface area contributed by atoms with Crippen molar-refractivity contribution in [2.45, 2.75) is 58.2 Å². The molecule has 0 saturated carbocycles. The molecule has 0 radical (unpaired) electrons. The number of carbonyl (C=O) groups is 2. The van der Waals surface area contributed by atoms with Gasteiger partial charge in [0.05, 0.1) is 19.1 Å². The maximum atomic E-state index is 14.0. The van der Waals surface area contributed by atoms with Gasteiger partial charge in [-0.3, -0.25) is 13.9 Å². The molecule has 0 heterocycles. The summed E-state index contributed by atoms with van der Waals surface area (Å²) in [6.07, 6.45) is 2.39. The van der Waals surface area contributed by atoms with E-state index in [1.165, 1.54) is 16.3 Å². The van der Waals surface area contributed by atoms with Crippen LogP contribution in [-0.2, 0) is 32.6 Å². The number of methoxy groups -OCH3 is 1. The summed E-state index contributed by atoms with van der Waals surface area (Å²) in [6, 6.07) is 20.3. The Morgan fingerprint density at radius 2 is 1.67 bits per heavy atom. The highest BCUT2D eigenvalue weighted by Crippen LogP contribution is 2.26. The summed E-state index contributed by atoms with van der Waals surface area (Å²) in [5.74, 6) is 0.0334. The molecule has 2 atom stereocenters. The van der Waals surface area contributed by atoms with Crippen LogP contribution in [0, 0.1) is 0 Å². The van der Waals surface area contributed by atoms with E-state index in [2.05, 4.69) is 5.32 Å². The lowest BCUT2D eigenvalue weighted by molar-refractivity contribution is -0.141. The average molecular weight is 649 g/mol. The maximum absolute atomic E-state index is 14.0. The number of halogens is 2. The van der Waals surface area contributed by atoms with Crippen LogP contribution < -0.4 is 14.4 Å². The lowest BCUT2D eigenvalue weighted by atomic mass is 10.0. The fraction of sp³-hybridized carbons (Fsp3) is 0.375. The molecule has 3 rings (SSSR count). The number of ether oxygens (including phenoxy) is 1. The number of hydrogen-bond acceptors (Lipinski definition) is 5. The predicted molar refractivity (Wildman–Crippen MR) is 173 cm³/mol. The van der Waals surface area contributed by atoms with Crippen molar-refractivity contribution in [3.05, 3.63) is 94.0 Å². The van der Waals surface area contributed by atoms with Crippen molar-refractivity contribution < 1.29 is 22.7 Å². The average Bonchev–Trinajstić information content (AvgIpc) is 2.97. The van der Waals surface area contributed by atoms with E-state index >= 15 is 0 Å². The van der Waals surface area contributed by atoms with Crippen molar-refractivity contribution in [3.8, 4) is 5.75 Å². The van der Waals surface area contributed by atoms with Crippen LogP contribution in [0.2, 0.25) is 10.0 Å². The topological polar surface area (TPSA) is 96.0 Å². The van der Waals surface area contributed by atoms with Crippen molar-refractivity contribution in [3.63, 3.8) is 0 Å². The van der Waals surface area contributed by atoms with Crippen LogP contribution in [0.3, 0.4) is 0 Å². The molecule has 0 spiro atoms. The Morgan fingerprint density at radius 3 is 2.26 bits per heavy atom. The van der Waals surface area contributed by atoms with E-state index in [9.17, 15) is 18.0 Å². The molecule has 2 amide bonds. The zero-order chi connectivity index (χ0) is 31.6. The van der Waals surface area contributed by atoms with Crippen molar-refractivity contribution in [1.29, 1.82) is 0 Å². The lowest BCUT2D eigenvalue weighted by Gasteiger charge is -2.33. The molecule has 0 aliphatic heterocycles. The largest absolute Gasteiger partial charge is 0.497 e. The Kier molecular flexibility index (Phi) is 12.7. The monoisotopic (exact) mass is 647 g/mol. The molecule has 43 heavy (non-hydrogen) atoms. The van der Waals surface area contributed by atoms with Gasteiger partial charge in [0.2, 0.25) is 21.8 Å². The van der Waals surface area contributed by atoms with Crippen LogP contribution in [-0.4, -0.2) is 57.1 Å². The Morgan fingerprint density at radius 1 is 1.00 bits per heavy atom. The molecule has 232 valence electrons. The summed E-state index contributed by atoms with van der Waals surface area (Å²) in [6.45, 7) is 4.05. The van der Waals surface area contributed by atoms with Crippen LogP contribution in [0.5, 0.6) is 5.75 Å². The Labute approximate surface area is 265 Å². The summed E-state index contributed by atoms with van der Waals surface area (Å²) in [7, 11) is -2.09. The number of anilines is 1. The molecular formula is C32H39Cl2N3O5S. The molecule has 11 heteroatoms. The Bertz CT molecular complexity index is 1470. The third-order valence-corrected chi connectivity index (χ3v) is 8.92. The molecule has 8 nitrogen and oxygen atoms in total. The first-order valence-electron chi connectivity index (χ1n) is 14.1. The number of benzene rings is 3. The minimum Gasteiger partial charge on any atom is -0.497 e. The first-order chi connectivity index (χ1) is 20.4. The predicted octanol–water partition coefficient (Wildman–Crippen LogP) is 6.10. The van der Waals surface area contributed by atoms with Crippen LogP contribution in [0.4, 0.5) is 5.69 Å². The highest BCUT2D eigenvalue weighted by molar-refractivity contribution is 7.92. The molecule has 0 saturated heterocycles. The van der Waals surface area contributed by atoms with Gasteiger partial charge in [0, 0.05) is 42.0 Å². The summed E-state index contributed by atoms with van der Waals surface area (Å²) in [5.41, 5.74) is 2.01. The third kappa shape index (κ3) is 10.2. The zero-order valence-electron chi connectivity index (χ0n) is 24.9. The second kappa shape index (κ2) is 16.0. The Balaban J connectivity index is 1.91. The van der Waals surface area contributed by atoms with Gasteiger partial charge in [0.1, 0.15) is 11.8 Å². The molecule has 1 N–H and O–H groups in total. The summed E-state index contributed by atoms with van der Waals surface area (Å²) in [4.78, 5) is 29.2. The second-order valence-electron chi connectivity index (χ2n) is 10.4. The van der Waals surface area contributed by atoms with E-state index in [0.29, 0.717) is 33.5 Å². The first kappa shape index (κ1) is 34.2. The number of sulfonamides is 1. The minimum absolute atomic E-state index is 0.00921. The van der Waals surface area contributed by atoms with E-state index < -0.39 is 16.1 Å². The van der Waals surface area contributed by atoms with Gasteiger partial charge in [-0.2, -0.15) is 0 Å². The van der Waals surface area contributed by atoms with Gasteiger partial charge in [0.15, 0.2) is 0 Å². The molecular weight excluding hydrogens is 609 g/mol. The summed E-state index contributed by atoms with van der Waals surface area (Å²) < 4.78 is 31.8. The molecule has 0 fully saturated rings. The molecule has 3 aromatic carbocycles. The number of hydrogen-bond donors (Lipinski definition) is 1. The van der Waals surface area contributed by atoms with Crippen molar-refractivity contribution in [1.82, 2.24) is 10.2 Å². The van der Waals surface area contributed by atoms with E-state index in [1.807, 2.05) is 44.2 Å². The first-order valence-corrected chi connectivity index (χ1v) is 16.7. The van der Waals surface area contributed by atoms with Crippen molar-refractivity contribution in [2.75, 3.05) is 24.2 Å². The fourth-order valence-electron chi connectivity index (χ4n) is 4.58. The van der Waals surface area contributed by atoms with Crippen LogP contribution in [0.15, 0.2) is 72.8 Å². The number of nitrogens with zero attached hydrogens (tertiary/aromatic N) is 2. The SMILES string of the molecule is CC[C@@H](C)NC(=O)[C@@H](Cc1ccccc1)N(Cc1ccc(Cl)cc1Cl)C(=O)CCCN(c1ccc(OC)cc1)S(C)(=O)=O. The maximum Gasteiger partial charge on any atom is 0.243 e. The van der Waals surface area contributed by atoms with Crippen LogP contribution >= 0.6 is 23.2 Å². The van der Waals surface area contributed by atoms with Gasteiger partial charge in [-0.15, -0.1) is 0 Å². The minimum atomic E-state index is -3.63. The van der Waals surface area contributed by atoms with E-state index in [4.69, 9.17) is 27.9 Å². The van der Waals surface area contributed by atoms with Gasteiger partial charge in [-0.25, -0.2) is 8.42 Å². The second-order valence-corrected chi connectivity index (χ2v) is 13.2. The van der Waals surface area contributed by atoms with Gasteiger partial charge in [0.25, 0.3) is 0 Å². The molecule has 0 aliphatic carbocycles. The van der Waals surface area contributed by atoms with Gasteiger partial charge < -0.3 is 15.0 Å². The van der Waals surface area contributed by atoms with Gasteiger partial charge in [-0.1, -0.05) is 66.5 Å². The fourth-order valence-corrected chi connectivity index (χ4v) is 6.01. The Hall–Kier alpha value is -3.27. The summed E-state index contributed by atoms with van der Waals surface area (Å²) >= 11 is 12.6. The van der Waals surface area contributed by atoms with Crippen LogP contribution in [0.25, 0.3) is 0 Å². The van der Waals surface area contributed by atoms with Crippen molar-refractivity contribution >= 4 is 50.7 Å². The normalized spacial score (nSPS) is 12.7. The van der Waals surface area contributed by atoms with E-state index in [1.54, 1.807) is 42.5 Å². The highest BCUT2D eigenvalue weighted by Gasteiger charge is 2.31. The number of nitrogens with one attached hydrogen (secondary N) is 1. The molecule has 0 unspecified atom stereocenters. The van der Waals surface area contributed by atoms with Gasteiger partial charge >= 0.3 is 0 Å². The van der Waals surface area contributed by atoms with E-state index in [-0.39, 0.29) is 43.8 Å². The standard InChI is InChI=1S/C32H39Cl2N3O5S/c1-5-23(2)35-32(39)30(20-24-10-7-6-8-11-24)36(22-25-13-14-26(33)21-29(25)34)31(38)12-9-19-37(43(4,40)41)27-15-17-28(42-3)18-16-27/h6-8,10-11,13-18,21,23,30H,5,9,12,19-20,22H2,1-4H3,(H,35,39)/t23-,30-/m1/s1. The van der Waals surface area contributed by atoms with E-state index in [0.717, 1.165) is 18.2 Å². The number of amides is 2. The van der Waals surface area contributed by atoms with Crippen LogP contribution in [0.1, 0.15) is 44.2 Å². The van der Waals surface area contributed by atoms with Crippen molar-refractivity contribution in [2.24, 2.45) is 0 Å². The quantitative estimate of drug-likeness (QED) is 0.215. The third-order valence-electron chi connectivity index (χ3n) is 7.14. The zero-order valence-corrected chi connectivity index (χ0v) is 27.3. The number of rotatable bonds is 15. The van der Waals surface area contributed by atoms with Gasteiger partial charge in [-0.05, 0) is 67.3 Å². The number of carbonyl (C=O) groups excluding carboxylic acids is 2. The molecule has 3 aromatic rings. The summed E-state index contributed by atoms with van der Waals surface area (Å²) in [5, 5.41) is 3.88. The smallest absolute Gasteiger partial charge is 0.243 e. The molecule has 0 bridgehead atoms. The molecule has 0 aromatic heterocycles. The lowest BCUT2D eigenvalue weighted by Crippen LogP contribution is -2.52. The highest BCUT2D eigenvalue weighted by atomic mass is 35.5. The molecule has 0 aliphatic rings.